The highest BCUT2D eigenvalue weighted by Gasteiger charge is 2.24. The van der Waals surface area contributed by atoms with Crippen molar-refractivity contribution in [1.82, 2.24) is 10.2 Å². The first-order valence-corrected chi connectivity index (χ1v) is 8.76. The second kappa shape index (κ2) is 8.13. The Morgan fingerprint density at radius 3 is 2.45 bits per heavy atom. The van der Waals surface area contributed by atoms with Gasteiger partial charge in [-0.2, -0.15) is 11.8 Å². The number of hydrogen-bond donors (Lipinski definition) is 1. The summed E-state index contributed by atoms with van der Waals surface area (Å²) >= 11 is 2.03. The number of carbonyl (C=O) groups is 1. The second-order valence-electron chi connectivity index (χ2n) is 6.61. The van der Waals surface area contributed by atoms with Crippen molar-refractivity contribution in [2.24, 2.45) is 0 Å². The number of nitrogens with one attached hydrogen (secondary N) is 1. The van der Waals surface area contributed by atoms with Crippen LogP contribution in [0.1, 0.15) is 47.5 Å². The zero-order valence-corrected chi connectivity index (χ0v) is 14.4. The summed E-state index contributed by atoms with van der Waals surface area (Å²) in [5.41, 5.74) is -0.432. The predicted octanol–water partition coefficient (Wildman–Crippen LogP) is 3.12. The zero-order chi connectivity index (χ0) is 15.2. The van der Waals surface area contributed by atoms with E-state index in [0.717, 1.165) is 6.54 Å². The van der Waals surface area contributed by atoms with Crippen LogP contribution in [0.15, 0.2) is 0 Å². The van der Waals surface area contributed by atoms with Crippen molar-refractivity contribution in [2.45, 2.75) is 65.1 Å². The second-order valence-corrected chi connectivity index (χ2v) is 7.83. The minimum Gasteiger partial charge on any atom is -0.444 e. The van der Waals surface area contributed by atoms with Gasteiger partial charge in [0.25, 0.3) is 0 Å². The van der Waals surface area contributed by atoms with E-state index in [-0.39, 0.29) is 12.1 Å². The van der Waals surface area contributed by atoms with Crippen molar-refractivity contribution in [3.63, 3.8) is 0 Å². The van der Waals surface area contributed by atoms with Crippen LogP contribution in [0.3, 0.4) is 0 Å². The number of thioether (sulfide) groups is 1. The molecule has 0 aliphatic carbocycles. The SMILES string of the molecule is CC(C)N(CCNC1CCSCC1)C(=O)OC(C)(C)C. The van der Waals surface area contributed by atoms with Gasteiger partial charge in [0, 0.05) is 25.2 Å². The summed E-state index contributed by atoms with van der Waals surface area (Å²) < 4.78 is 5.46. The van der Waals surface area contributed by atoms with Crippen LogP contribution < -0.4 is 5.32 Å². The molecule has 1 N–H and O–H groups in total. The molecule has 4 nitrogen and oxygen atoms in total. The summed E-state index contributed by atoms with van der Waals surface area (Å²) in [6, 6.07) is 0.775. The standard InChI is InChI=1S/C15H30N2O2S/c1-12(2)17(14(18)19-15(3,4)5)9-8-16-13-6-10-20-11-7-13/h12-13,16H,6-11H2,1-5H3. The molecule has 1 rings (SSSR count). The number of hydrogen-bond acceptors (Lipinski definition) is 4. The van der Waals surface area contributed by atoms with Crippen LogP contribution in [0.2, 0.25) is 0 Å². The van der Waals surface area contributed by atoms with Gasteiger partial charge in [0.1, 0.15) is 5.60 Å². The van der Waals surface area contributed by atoms with Crippen LogP contribution >= 0.6 is 11.8 Å². The Balaban J connectivity index is 2.36. The fourth-order valence-corrected chi connectivity index (χ4v) is 3.28. The third kappa shape index (κ3) is 6.84. The fraction of sp³-hybridized carbons (Fsp3) is 0.933. The lowest BCUT2D eigenvalue weighted by Crippen LogP contribution is -2.45. The molecule has 0 spiro atoms. The molecular formula is C15H30N2O2S. The highest BCUT2D eigenvalue weighted by atomic mass is 32.2. The molecule has 1 aliphatic heterocycles. The lowest BCUT2D eigenvalue weighted by molar-refractivity contribution is 0.0192. The van der Waals surface area contributed by atoms with E-state index in [9.17, 15) is 4.79 Å². The largest absolute Gasteiger partial charge is 0.444 e. The minimum absolute atomic E-state index is 0.161. The van der Waals surface area contributed by atoms with Gasteiger partial charge in [-0.15, -0.1) is 0 Å². The van der Waals surface area contributed by atoms with Crippen molar-refractivity contribution >= 4 is 17.9 Å². The summed E-state index contributed by atoms with van der Waals surface area (Å²) in [5, 5.41) is 3.56. The van der Waals surface area contributed by atoms with Gasteiger partial charge >= 0.3 is 6.09 Å². The molecular weight excluding hydrogens is 272 g/mol. The van der Waals surface area contributed by atoms with Crippen LogP contribution in [0.5, 0.6) is 0 Å². The lowest BCUT2D eigenvalue weighted by atomic mass is 10.1. The van der Waals surface area contributed by atoms with E-state index in [2.05, 4.69) is 5.32 Å². The highest BCUT2D eigenvalue weighted by Crippen LogP contribution is 2.17. The molecule has 0 saturated carbocycles. The van der Waals surface area contributed by atoms with E-state index in [4.69, 9.17) is 4.74 Å². The number of carbonyl (C=O) groups excluding carboxylic acids is 1. The molecule has 0 aromatic rings. The van der Waals surface area contributed by atoms with Crippen molar-refractivity contribution in [3.05, 3.63) is 0 Å². The molecule has 0 aromatic carbocycles. The van der Waals surface area contributed by atoms with Gasteiger partial charge in [-0.05, 0) is 59.0 Å². The van der Waals surface area contributed by atoms with Crippen molar-refractivity contribution in [1.29, 1.82) is 0 Å². The highest BCUT2D eigenvalue weighted by molar-refractivity contribution is 7.99. The van der Waals surface area contributed by atoms with E-state index < -0.39 is 5.60 Å². The van der Waals surface area contributed by atoms with Crippen molar-refractivity contribution in [2.75, 3.05) is 24.6 Å². The number of rotatable bonds is 5. The smallest absolute Gasteiger partial charge is 0.410 e. The molecule has 0 aromatic heterocycles. The summed E-state index contributed by atoms with van der Waals surface area (Å²) in [6.07, 6.45) is 2.26. The van der Waals surface area contributed by atoms with E-state index in [0.29, 0.717) is 12.6 Å². The summed E-state index contributed by atoms with van der Waals surface area (Å²) in [4.78, 5) is 14.0. The van der Waals surface area contributed by atoms with Crippen LogP contribution in [0.25, 0.3) is 0 Å². The van der Waals surface area contributed by atoms with Gasteiger partial charge in [-0.1, -0.05) is 0 Å². The van der Waals surface area contributed by atoms with Gasteiger partial charge in [0.05, 0.1) is 0 Å². The third-order valence-electron chi connectivity index (χ3n) is 3.26. The normalized spacial score (nSPS) is 17.3. The van der Waals surface area contributed by atoms with Crippen LogP contribution in [0.4, 0.5) is 4.79 Å². The molecule has 1 amide bonds. The van der Waals surface area contributed by atoms with Crippen molar-refractivity contribution < 1.29 is 9.53 Å². The van der Waals surface area contributed by atoms with Crippen molar-refractivity contribution in [3.8, 4) is 0 Å². The van der Waals surface area contributed by atoms with Gasteiger partial charge in [0.15, 0.2) is 0 Å². The number of amides is 1. The molecule has 1 saturated heterocycles. The molecule has 118 valence electrons. The van der Waals surface area contributed by atoms with Gasteiger partial charge < -0.3 is 15.0 Å². The molecule has 0 unspecified atom stereocenters. The Bertz CT molecular complexity index is 297. The maximum absolute atomic E-state index is 12.2. The monoisotopic (exact) mass is 302 g/mol. The summed E-state index contributed by atoms with van der Waals surface area (Å²) in [7, 11) is 0. The molecule has 1 heterocycles. The zero-order valence-electron chi connectivity index (χ0n) is 13.6. The van der Waals surface area contributed by atoms with E-state index in [1.807, 2.05) is 46.4 Å². The molecule has 1 fully saturated rings. The van der Waals surface area contributed by atoms with E-state index in [1.165, 1.54) is 24.3 Å². The Labute approximate surface area is 128 Å². The maximum atomic E-state index is 12.2. The van der Waals surface area contributed by atoms with E-state index >= 15 is 0 Å². The Morgan fingerprint density at radius 1 is 1.35 bits per heavy atom. The Morgan fingerprint density at radius 2 is 1.95 bits per heavy atom. The van der Waals surface area contributed by atoms with E-state index in [1.54, 1.807) is 4.90 Å². The van der Waals surface area contributed by atoms with Gasteiger partial charge in [-0.25, -0.2) is 4.79 Å². The Hall–Kier alpha value is -0.420. The average Bonchev–Trinajstić information content (AvgIpc) is 2.33. The molecule has 5 heteroatoms. The molecule has 1 aliphatic rings. The molecule has 0 radical (unpaired) electrons. The first kappa shape index (κ1) is 17.6. The topological polar surface area (TPSA) is 41.6 Å². The quantitative estimate of drug-likeness (QED) is 0.847. The molecule has 0 bridgehead atoms. The Kier molecular flexibility index (Phi) is 7.17. The number of ether oxygens (including phenoxy) is 1. The third-order valence-corrected chi connectivity index (χ3v) is 4.31. The van der Waals surface area contributed by atoms with Gasteiger partial charge in [0.2, 0.25) is 0 Å². The molecule has 20 heavy (non-hydrogen) atoms. The lowest BCUT2D eigenvalue weighted by Gasteiger charge is -2.31. The first-order valence-electron chi connectivity index (χ1n) is 7.60. The van der Waals surface area contributed by atoms with Crippen LogP contribution in [-0.2, 0) is 4.74 Å². The van der Waals surface area contributed by atoms with Crippen LogP contribution in [-0.4, -0.2) is 53.3 Å². The first-order chi connectivity index (χ1) is 9.29. The number of nitrogens with zero attached hydrogens (tertiary/aromatic N) is 1. The van der Waals surface area contributed by atoms with Gasteiger partial charge in [-0.3, -0.25) is 0 Å². The summed E-state index contributed by atoms with van der Waals surface area (Å²) in [5.74, 6) is 2.50. The fourth-order valence-electron chi connectivity index (χ4n) is 2.17. The van der Waals surface area contributed by atoms with Crippen LogP contribution in [0, 0.1) is 0 Å². The predicted molar refractivity (Wildman–Crippen MR) is 86.4 cm³/mol. The summed E-state index contributed by atoms with van der Waals surface area (Å²) in [6.45, 7) is 11.3. The average molecular weight is 302 g/mol. The maximum Gasteiger partial charge on any atom is 0.410 e. The minimum atomic E-state index is -0.432. The molecule has 0 atom stereocenters.